The Bertz CT molecular complexity index is 781. The van der Waals surface area contributed by atoms with Crippen molar-refractivity contribution in [2.75, 3.05) is 39.3 Å². The maximum absolute atomic E-state index is 5.39. The van der Waals surface area contributed by atoms with Gasteiger partial charge in [-0.15, -0.1) is 34.2 Å². The maximum Gasteiger partial charge on any atom is 0.191 e. The third-order valence-electron chi connectivity index (χ3n) is 4.98. The maximum atomic E-state index is 5.39. The van der Waals surface area contributed by atoms with Crippen LogP contribution in [0.4, 0.5) is 5.69 Å². The lowest BCUT2D eigenvalue weighted by atomic mass is 10.0. The fourth-order valence-corrected chi connectivity index (χ4v) is 3.27. The summed E-state index contributed by atoms with van der Waals surface area (Å²) in [6, 6.07) is 6.37. The van der Waals surface area contributed by atoms with Crippen LogP contribution in [0.3, 0.4) is 0 Å². The van der Waals surface area contributed by atoms with Crippen LogP contribution >= 0.6 is 24.0 Å². The van der Waals surface area contributed by atoms with E-state index in [4.69, 9.17) is 9.47 Å². The van der Waals surface area contributed by atoms with E-state index in [0.29, 0.717) is 12.6 Å². The van der Waals surface area contributed by atoms with Crippen molar-refractivity contribution in [1.82, 2.24) is 25.4 Å². The van der Waals surface area contributed by atoms with E-state index < -0.39 is 0 Å². The number of piperidine rings is 1. The van der Waals surface area contributed by atoms with Gasteiger partial charge in [-0.2, -0.15) is 0 Å². The van der Waals surface area contributed by atoms with E-state index in [-0.39, 0.29) is 24.0 Å². The van der Waals surface area contributed by atoms with Crippen LogP contribution in [0.15, 0.2) is 29.5 Å². The molecule has 0 unspecified atom stereocenters. The average molecular weight is 515 g/mol. The molecule has 1 aliphatic heterocycles. The Hall–Kier alpha value is -2.24. The zero-order valence-corrected chi connectivity index (χ0v) is 19.7. The molecule has 1 saturated heterocycles. The number of methoxy groups -OCH3 is 2. The van der Waals surface area contributed by atoms with E-state index in [9.17, 15) is 0 Å². The molecular formula is C19H30IN7O2. The molecule has 0 amide bonds. The highest BCUT2D eigenvalue weighted by Crippen LogP contribution is 2.30. The van der Waals surface area contributed by atoms with Crippen LogP contribution < -0.4 is 25.0 Å². The third-order valence-corrected chi connectivity index (χ3v) is 4.98. The van der Waals surface area contributed by atoms with Gasteiger partial charge in [-0.05, 0) is 12.8 Å². The smallest absolute Gasteiger partial charge is 0.191 e. The number of guanidine groups is 1. The number of hydrogen-bond acceptors (Lipinski definition) is 6. The Morgan fingerprint density at radius 2 is 1.83 bits per heavy atom. The first kappa shape index (κ1) is 23.0. The van der Waals surface area contributed by atoms with E-state index in [1.54, 1.807) is 27.6 Å². The molecule has 0 saturated carbocycles. The van der Waals surface area contributed by atoms with E-state index in [1.807, 2.05) is 17.7 Å². The van der Waals surface area contributed by atoms with E-state index in [0.717, 1.165) is 54.9 Å². The first-order valence-corrected chi connectivity index (χ1v) is 9.41. The second-order valence-electron chi connectivity index (χ2n) is 6.76. The molecule has 160 valence electrons. The number of nitrogens with one attached hydrogen (secondary N) is 2. The summed E-state index contributed by atoms with van der Waals surface area (Å²) in [6.45, 7) is 2.49. The minimum absolute atomic E-state index is 0. The van der Waals surface area contributed by atoms with Gasteiger partial charge < -0.3 is 29.6 Å². The molecule has 0 spiro atoms. The minimum Gasteiger partial charge on any atom is -0.497 e. The standard InChI is InChI=1S/C19H29N7O2.HI/c1-20-19(21-12-18-24-22-13-25(18)2)23-14-5-7-26(8-6-14)15-9-16(27-3)11-17(10-15)28-4;/h9-11,13-14H,5-8,12H2,1-4H3,(H2,20,21,23);1H. The first-order valence-electron chi connectivity index (χ1n) is 9.41. The van der Waals surface area contributed by atoms with Gasteiger partial charge in [-0.1, -0.05) is 0 Å². The Morgan fingerprint density at radius 1 is 1.17 bits per heavy atom. The van der Waals surface area contributed by atoms with Crippen molar-refractivity contribution in [3.05, 3.63) is 30.4 Å². The highest BCUT2D eigenvalue weighted by Gasteiger charge is 2.21. The molecule has 1 aliphatic rings. The topological polar surface area (TPSA) is 88.8 Å². The number of rotatable bonds is 6. The second kappa shape index (κ2) is 11.1. The van der Waals surface area contributed by atoms with Gasteiger partial charge in [-0.3, -0.25) is 4.99 Å². The van der Waals surface area contributed by atoms with Gasteiger partial charge in [0.1, 0.15) is 17.8 Å². The van der Waals surface area contributed by atoms with Crippen molar-refractivity contribution < 1.29 is 9.47 Å². The Labute approximate surface area is 188 Å². The fraction of sp³-hybridized carbons (Fsp3) is 0.526. The number of aliphatic imine (C=N–C) groups is 1. The van der Waals surface area contributed by atoms with Crippen LogP contribution in [-0.2, 0) is 13.6 Å². The lowest BCUT2D eigenvalue weighted by Gasteiger charge is -2.34. The van der Waals surface area contributed by atoms with Crippen LogP contribution in [-0.4, -0.2) is 61.1 Å². The summed E-state index contributed by atoms with van der Waals surface area (Å²) in [6.07, 6.45) is 3.73. The first-order chi connectivity index (χ1) is 13.6. The monoisotopic (exact) mass is 515 g/mol. The highest BCUT2D eigenvalue weighted by atomic mass is 127. The average Bonchev–Trinajstić information content (AvgIpc) is 3.15. The minimum atomic E-state index is 0. The van der Waals surface area contributed by atoms with Crippen molar-refractivity contribution in [2.24, 2.45) is 12.0 Å². The van der Waals surface area contributed by atoms with E-state index >= 15 is 0 Å². The molecule has 1 aromatic heterocycles. The van der Waals surface area contributed by atoms with Gasteiger partial charge in [0.2, 0.25) is 0 Å². The second-order valence-corrected chi connectivity index (χ2v) is 6.76. The Balaban J connectivity index is 0.00000300. The highest BCUT2D eigenvalue weighted by molar-refractivity contribution is 14.0. The summed E-state index contributed by atoms with van der Waals surface area (Å²) < 4.78 is 12.7. The van der Waals surface area contributed by atoms with Crippen LogP contribution in [0.25, 0.3) is 0 Å². The molecule has 9 nitrogen and oxygen atoms in total. The SMILES string of the molecule is CN=C(NCc1nncn1C)NC1CCN(c2cc(OC)cc(OC)c2)CC1.I. The number of benzene rings is 1. The van der Waals surface area contributed by atoms with Gasteiger partial charge in [0.25, 0.3) is 0 Å². The number of hydrogen-bond donors (Lipinski definition) is 2. The third kappa shape index (κ3) is 6.12. The summed E-state index contributed by atoms with van der Waals surface area (Å²) >= 11 is 0. The molecule has 1 aromatic carbocycles. The van der Waals surface area contributed by atoms with Crippen molar-refractivity contribution in [3.8, 4) is 11.5 Å². The van der Waals surface area contributed by atoms with Crippen LogP contribution in [0, 0.1) is 0 Å². The lowest BCUT2D eigenvalue weighted by molar-refractivity contribution is 0.393. The molecule has 0 radical (unpaired) electrons. The van der Waals surface area contributed by atoms with E-state index in [1.165, 1.54) is 0 Å². The summed E-state index contributed by atoms with van der Waals surface area (Å²) in [7, 11) is 7.06. The number of anilines is 1. The Kier molecular flexibility index (Phi) is 8.80. The van der Waals surface area contributed by atoms with Crippen molar-refractivity contribution in [2.45, 2.75) is 25.4 Å². The largest absolute Gasteiger partial charge is 0.497 e. The molecule has 29 heavy (non-hydrogen) atoms. The summed E-state index contributed by atoms with van der Waals surface area (Å²) in [5, 5.41) is 14.8. The number of aryl methyl sites for hydroxylation is 1. The van der Waals surface area contributed by atoms with Gasteiger partial charge in [0.05, 0.1) is 20.8 Å². The van der Waals surface area contributed by atoms with Crippen LogP contribution in [0.1, 0.15) is 18.7 Å². The summed E-state index contributed by atoms with van der Waals surface area (Å²) in [4.78, 5) is 6.68. The predicted molar refractivity (Wildman–Crippen MR) is 125 cm³/mol. The normalized spacial score (nSPS) is 14.9. The number of aromatic nitrogens is 3. The number of nitrogens with zero attached hydrogens (tertiary/aromatic N) is 5. The molecule has 0 aliphatic carbocycles. The van der Waals surface area contributed by atoms with Gasteiger partial charge in [0.15, 0.2) is 11.8 Å². The molecule has 0 atom stereocenters. The fourth-order valence-electron chi connectivity index (χ4n) is 3.27. The van der Waals surface area contributed by atoms with Crippen molar-refractivity contribution in [3.63, 3.8) is 0 Å². The molecule has 10 heteroatoms. The van der Waals surface area contributed by atoms with Gasteiger partial charge >= 0.3 is 0 Å². The zero-order chi connectivity index (χ0) is 19.9. The van der Waals surface area contributed by atoms with E-state index in [2.05, 4.69) is 42.9 Å². The molecular weight excluding hydrogens is 485 g/mol. The van der Waals surface area contributed by atoms with Gasteiger partial charge in [-0.25, -0.2) is 0 Å². The summed E-state index contributed by atoms with van der Waals surface area (Å²) in [5.41, 5.74) is 1.12. The molecule has 0 bridgehead atoms. The zero-order valence-electron chi connectivity index (χ0n) is 17.4. The summed E-state index contributed by atoms with van der Waals surface area (Å²) in [5.74, 6) is 3.26. The molecule has 2 N–H and O–H groups in total. The number of halogens is 1. The quantitative estimate of drug-likeness (QED) is 0.345. The molecule has 1 fully saturated rings. The number of ether oxygens (including phenoxy) is 2. The molecule has 2 aromatic rings. The van der Waals surface area contributed by atoms with Crippen LogP contribution in [0.5, 0.6) is 11.5 Å². The lowest BCUT2D eigenvalue weighted by Crippen LogP contribution is -2.48. The van der Waals surface area contributed by atoms with Gasteiger partial charge in [0, 0.05) is 57.1 Å². The molecule has 3 rings (SSSR count). The van der Waals surface area contributed by atoms with Crippen molar-refractivity contribution in [1.29, 1.82) is 0 Å². The van der Waals surface area contributed by atoms with Crippen molar-refractivity contribution >= 4 is 35.6 Å². The van der Waals surface area contributed by atoms with Crippen LogP contribution in [0.2, 0.25) is 0 Å². The molecule has 2 heterocycles. The predicted octanol–water partition coefficient (Wildman–Crippen LogP) is 1.78. The Morgan fingerprint density at radius 3 is 2.34 bits per heavy atom.